The molecular formula is C17H17BrFNO4S. The van der Waals surface area contributed by atoms with E-state index in [1.165, 1.54) is 16.4 Å². The molecule has 0 atom stereocenters. The van der Waals surface area contributed by atoms with Crippen molar-refractivity contribution in [1.82, 2.24) is 4.31 Å². The van der Waals surface area contributed by atoms with E-state index in [2.05, 4.69) is 15.9 Å². The lowest BCUT2D eigenvalue weighted by Gasteiger charge is -2.22. The number of halogens is 2. The molecule has 0 aliphatic rings. The molecule has 0 spiro atoms. The van der Waals surface area contributed by atoms with Crippen molar-refractivity contribution in [3.05, 3.63) is 64.4 Å². The normalized spacial score (nSPS) is 11.6. The zero-order chi connectivity index (χ0) is 18.4. The van der Waals surface area contributed by atoms with Gasteiger partial charge in [0.05, 0.1) is 4.90 Å². The Morgan fingerprint density at radius 3 is 2.24 bits per heavy atom. The summed E-state index contributed by atoms with van der Waals surface area (Å²) in [6.45, 7) is 0.161. The third-order valence-corrected chi connectivity index (χ3v) is 5.91. The Morgan fingerprint density at radius 1 is 1.08 bits per heavy atom. The number of benzene rings is 2. The maximum absolute atomic E-state index is 13.1. The lowest BCUT2D eigenvalue weighted by molar-refractivity contribution is -0.137. The predicted molar refractivity (Wildman–Crippen MR) is 95.0 cm³/mol. The summed E-state index contributed by atoms with van der Waals surface area (Å²) in [4.78, 5) is 10.7. The van der Waals surface area contributed by atoms with Gasteiger partial charge in [-0.15, -0.1) is 0 Å². The van der Waals surface area contributed by atoms with Gasteiger partial charge in [0, 0.05) is 24.0 Å². The number of rotatable bonds is 8. The minimum absolute atomic E-state index is 0.0265. The Balaban J connectivity index is 2.26. The van der Waals surface area contributed by atoms with Crippen molar-refractivity contribution < 1.29 is 22.7 Å². The number of carbonyl (C=O) groups is 1. The molecule has 0 aromatic heterocycles. The van der Waals surface area contributed by atoms with Gasteiger partial charge in [0.15, 0.2) is 0 Å². The number of sulfonamides is 1. The molecule has 0 aliphatic heterocycles. The highest BCUT2D eigenvalue weighted by Crippen LogP contribution is 2.20. The lowest BCUT2D eigenvalue weighted by atomic mass is 10.2. The molecule has 0 aliphatic carbocycles. The zero-order valence-corrected chi connectivity index (χ0v) is 15.6. The second-order valence-corrected chi connectivity index (χ2v) is 8.27. The van der Waals surface area contributed by atoms with Crippen LogP contribution in [0, 0.1) is 5.82 Å². The van der Waals surface area contributed by atoms with Crippen LogP contribution in [-0.4, -0.2) is 30.3 Å². The average molecular weight is 430 g/mol. The Morgan fingerprint density at radius 2 is 1.68 bits per heavy atom. The van der Waals surface area contributed by atoms with E-state index < -0.39 is 21.8 Å². The van der Waals surface area contributed by atoms with Crippen LogP contribution in [0.25, 0.3) is 0 Å². The average Bonchev–Trinajstić information content (AvgIpc) is 2.56. The molecule has 2 aromatic carbocycles. The van der Waals surface area contributed by atoms with Gasteiger partial charge in [-0.2, -0.15) is 4.31 Å². The fraction of sp³-hybridized carbons (Fsp3) is 0.235. The number of nitrogens with zero attached hydrogens (tertiary/aromatic N) is 1. The summed E-state index contributed by atoms with van der Waals surface area (Å²) in [5, 5.41) is 8.78. The smallest absolute Gasteiger partial charge is 0.303 e. The largest absolute Gasteiger partial charge is 0.481 e. The number of hydrogen-bond acceptors (Lipinski definition) is 3. The minimum atomic E-state index is -3.86. The first-order chi connectivity index (χ1) is 11.8. The van der Waals surface area contributed by atoms with Crippen molar-refractivity contribution in [2.24, 2.45) is 0 Å². The van der Waals surface area contributed by atoms with Crippen molar-refractivity contribution in [2.45, 2.75) is 24.3 Å². The van der Waals surface area contributed by atoms with Gasteiger partial charge in [-0.05, 0) is 48.4 Å². The Hall–Kier alpha value is -1.77. The standard InChI is InChI=1S/C17H17BrFNO4S/c18-14-5-3-13(4-6-14)12-20(11-1-2-17(21)22)25(23,24)16-9-7-15(19)8-10-16/h3-10H,1-2,11-12H2,(H,21,22). The summed E-state index contributed by atoms with van der Waals surface area (Å²) in [5.41, 5.74) is 0.768. The molecular weight excluding hydrogens is 413 g/mol. The zero-order valence-electron chi connectivity index (χ0n) is 13.2. The number of aliphatic carboxylic acids is 1. The van der Waals surface area contributed by atoms with Crippen LogP contribution >= 0.6 is 15.9 Å². The first-order valence-corrected chi connectivity index (χ1v) is 9.74. The topological polar surface area (TPSA) is 74.7 Å². The van der Waals surface area contributed by atoms with E-state index in [1.807, 2.05) is 0 Å². The molecule has 0 bridgehead atoms. The van der Waals surface area contributed by atoms with Crippen LogP contribution in [0.4, 0.5) is 4.39 Å². The summed E-state index contributed by atoms with van der Waals surface area (Å²) in [5.74, 6) is -1.51. The molecule has 25 heavy (non-hydrogen) atoms. The molecule has 2 rings (SSSR count). The molecule has 0 amide bonds. The SMILES string of the molecule is O=C(O)CCCN(Cc1ccc(Br)cc1)S(=O)(=O)c1ccc(F)cc1. The van der Waals surface area contributed by atoms with Crippen LogP contribution in [0.1, 0.15) is 18.4 Å². The molecule has 0 heterocycles. The molecule has 0 unspecified atom stereocenters. The fourth-order valence-corrected chi connectivity index (χ4v) is 3.97. The van der Waals surface area contributed by atoms with Crippen LogP contribution < -0.4 is 0 Å². The molecule has 0 fully saturated rings. The minimum Gasteiger partial charge on any atom is -0.481 e. The first kappa shape index (κ1) is 19.6. The van der Waals surface area contributed by atoms with Gasteiger partial charge in [0.25, 0.3) is 0 Å². The maximum atomic E-state index is 13.1. The predicted octanol–water partition coefficient (Wildman–Crippen LogP) is 3.64. The monoisotopic (exact) mass is 429 g/mol. The molecule has 2 aromatic rings. The highest BCUT2D eigenvalue weighted by molar-refractivity contribution is 9.10. The molecule has 0 radical (unpaired) electrons. The molecule has 5 nitrogen and oxygen atoms in total. The Labute approximate surface area is 154 Å². The van der Waals surface area contributed by atoms with Crippen LogP contribution in [0.3, 0.4) is 0 Å². The van der Waals surface area contributed by atoms with Gasteiger partial charge in [-0.25, -0.2) is 12.8 Å². The van der Waals surface area contributed by atoms with Crippen LogP contribution in [-0.2, 0) is 21.4 Å². The second kappa shape index (κ2) is 8.55. The Bertz CT molecular complexity index is 823. The molecule has 8 heteroatoms. The van der Waals surface area contributed by atoms with E-state index in [4.69, 9.17) is 5.11 Å². The summed E-state index contributed by atoms with van der Waals surface area (Å²) in [7, 11) is -3.86. The van der Waals surface area contributed by atoms with E-state index in [0.29, 0.717) is 0 Å². The van der Waals surface area contributed by atoms with Crippen molar-refractivity contribution in [3.63, 3.8) is 0 Å². The van der Waals surface area contributed by atoms with Gasteiger partial charge in [0.2, 0.25) is 10.0 Å². The maximum Gasteiger partial charge on any atom is 0.303 e. The van der Waals surface area contributed by atoms with Crippen molar-refractivity contribution in [3.8, 4) is 0 Å². The van der Waals surface area contributed by atoms with Gasteiger partial charge in [-0.3, -0.25) is 4.79 Å². The van der Waals surface area contributed by atoms with Crippen LogP contribution in [0.5, 0.6) is 0 Å². The Kier molecular flexibility index (Phi) is 6.69. The van der Waals surface area contributed by atoms with Crippen LogP contribution in [0.15, 0.2) is 57.9 Å². The number of carboxylic acid groups (broad SMARTS) is 1. The van der Waals surface area contributed by atoms with Gasteiger partial charge < -0.3 is 5.11 Å². The number of hydrogen-bond donors (Lipinski definition) is 1. The van der Waals surface area contributed by atoms with E-state index in [0.717, 1.165) is 22.2 Å². The quantitative estimate of drug-likeness (QED) is 0.694. The van der Waals surface area contributed by atoms with Gasteiger partial charge >= 0.3 is 5.97 Å². The van der Waals surface area contributed by atoms with E-state index in [1.54, 1.807) is 24.3 Å². The van der Waals surface area contributed by atoms with E-state index >= 15 is 0 Å². The van der Waals surface area contributed by atoms with Crippen molar-refractivity contribution in [1.29, 1.82) is 0 Å². The highest BCUT2D eigenvalue weighted by Gasteiger charge is 2.24. The summed E-state index contributed by atoms with van der Waals surface area (Å²) in [6.07, 6.45) is 0.0576. The van der Waals surface area contributed by atoms with E-state index in [-0.39, 0.29) is 30.8 Å². The third kappa shape index (κ3) is 5.62. The summed E-state index contributed by atoms with van der Waals surface area (Å²) >= 11 is 3.32. The fourth-order valence-electron chi connectivity index (χ4n) is 2.24. The molecule has 0 saturated carbocycles. The second-order valence-electron chi connectivity index (χ2n) is 5.42. The van der Waals surface area contributed by atoms with Gasteiger partial charge in [0.1, 0.15) is 5.82 Å². The molecule has 134 valence electrons. The van der Waals surface area contributed by atoms with E-state index in [9.17, 15) is 17.6 Å². The molecule has 0 saturated heterocycles. The van der Waals surface area contributed by atoms with Crippen molar-refractivity contribution in [2.75, 3.05) is 6.54 Å². The third-order valence-electron chi connectivity index (χ3n) is 3.52. The lowest BCUT2D eigenvalue weighted by Crippen LogP contribution is -2.32. The van der Waals surface area contributed by atoms with Crippen LogP contribution in [0.2, 0.25) is 0 Å². The van der Waals surface area contributed by atoms with Crippen molar-refractivity contribution >= 4 is 31.9 Å². The first-order valence-electron chi connectivity index (χ1n) is 7.51. The highest BCUT2D eigenvalue weighted by atomic mass is 79.9. The molecule has 1 N–H and O–H groups in total. The summed E-state index contributed by atoms with van der Waals surface area (Å²) < 4.78 is 40.8. The van der Waals surface area contributed by atoms with Gasteiger partial charge in [-0.1, -0.05) is 28.1 Å². The summed E-state index contributed by atoms with van der Waals surface area (Å²) in [6, 6.07) is 11.8. The number of carboxylic acids is 1.